The summed E-state index contributed by atoms with van der Waals surface area (Å²) in [4.78, 5) is 25.9. The van der Waals surface area contributed by atoms with Crippen LogP contribution >= 0.6 is 0 Å². The molecule has 0 aliphatic carbocycles. The van der Waals surface area contributed by atoms with Crippen molar-refractivity contribution in [3.63, 3.8) is 0 Å². The zero-order valence-corrected chi connectivity index (χ0v) is 11.2. The van der Waals surface area contributed by atoms with Crippen LogP contribution < -0.4 is 15.8 Å². The number of oxazole rings is 1. The van der Waals surface area contributed by atoms with Gasteiger partial charge in [-0.05, 0) is 30.3 Å². The third kappa shape index (κ3) is 2.51. The number of aromatic nitrogens is 1. The van der Waals surface area contributed by atoms with Crippen molar-refractivity contribution in [2.75, 3.05) is 12.4 Å². The third-order valence-corrected chi connectivity index (χ3v) is 3.04. The summed E-state index contributed by atoms with van der Waals surface area (Å²) in [7, 11) is 1.53. The van der Waals surface area contributed by atoms with Crippen molar-refractivity contribution in [3.05, 3.63) is 58.6 Å². The van der Waals surface area contributed by atoms with Gasteiger partial charge in [0.15, 0.2) is 5.58 Å². The zero-order chi connectivity index (χ0) is 14.8. The smallest absolute Gasteiger partial charge is 0.417 e. The largest absolute Gasteiger partial charge is 0.495 e. The lowest BCUT2D eigenvalue weighted by atomic mass is 10.2. The van der Waals surface area contributed by atoms with Gasteiger partial charge in [-0.2, -0.15) is 0 Å². The second-order valence-corrected chi connectivity index (χ2v) is 4.38. The number of carbonyl (C=O) groups is 1. The van der Waals surface area contributed by atoms with Gasteiger partial charge in [0, 0.05) is 5.56 Å². The lowest BCUT2D eigenvalue weighted by Gasteiger charge is -2.09. The summed E-state index contributed by atoms with van der Waals surface area (Å²) in [5.74, 6) is -0.294. The molecular weight excluding hydrogens is 272 g/mol. The monoisotopic (exact) mass is 284 g/mol. The van der Waals surface area contributed by atoms with E-state index in [2.05, 4.69) is 10.3 Å². The molecule has 6 heteroatoms. The molecule has 0 spiro atoms. The van der Waals surface area contributed by atoms with Crippen molar-refractivity contribution in [2.45, 2.75) is 0 Å². The van der Waals surface area contributed by atoms with Gasteiger partial charge in [-0.15, -0.1) is 0 Å². The Balaban J connectivity index is 1.91. The molecule has 3 rings (SSSR count). The van der Waals surface area contributed by atoms with E-state index < -0.39 is 5.76 Å². The van der Waals surface area contributed by atoms with Gasteiger partial charge in [-0.25, -0.2) is 4.79 Å². The Morgan fingerprint density at radius 1 is 1.24 bits per heavy atom. The van der Waals surface area contributed by atoms with E-state index in [1.54, 1.807) is 30.3 Å². The van der Waals surface area contributed by atoms with Crippen LogP contribution in [0.3, 0.4) is 0 Å². The van der Waals surface area contributed by atoms with Crippen LogP contribution in [-0.4, -0.2) is 18.0 Å². The van der Waals surface area contributed by atoms with Crippen LogP contribution in [-0.2, 0) is 0 Å². The maximum Gasteiger partial charge on any atom is 0.417 e. The van der Waals surface area contributed by atoms with Gasteiger partial charge in [0.05, 0.1) is 18.3 Å². The molecule has 21 heavy (non-hydrogen) atoms. The molecule has 2 N–H and O–H groups in total. The molecule has 0 saturated carbocycles. The van der Waals surface area contributed by atoms with Crippen molar-refractivity contribution in [2.24, 2.45) is 0 Å². The van der Waals surface area contributed by atoms with Crippen LogP contribution in [0, 0.1) is 0 Å². The lowest BCUT2D eigenvalue weighted by molar-refractivity contribution is 0.102. The Labute approximate surface area is 119 Å². The molecular formula is C15H12N2O4. The second kappa shape index (κ2) is 5.16. The molecule has 0 atom stereocenters. The first kappa shape index (κ1) is 13.0. The van der Waals surface area contributed by atoms with Gasteiger partial charge in [0.25, 0.3) is 5.91 Å². The predicted molar refractivity (Wildman–Crippen MR) is 77.8 cm³/mol. The van der Waals surface area contributed by atoms with E-state index in [-0.39, 0.29) is 5.91 Å². The van der Waals surface area contributed by atoms with Crippen molar-refractivity contribution < 1.29 is 13.9 Å². The minimum atomic E-state index is -0.549. The van der Waals surface area contributed by atoms with E-state index in [1.807, 2.05) is 6.07 Å². The summed E-state index contributed by atoms with van der Waals surface area (Å²) in [6.45, 7) is 0. The number of nitrogens with one attached hydrogen (secondary N) is 2. The van der Waals surface area contributed by atoms with E-state index in [4.69, 9.17) is 9.15 Å². The third-order valence-electron chi connectivity index (χ3n) is 3.04. The van der Waals surface area contributed by atoms with Crippen molar-refractivity contribution in [3.8, 4) is 5.75 Å². The average molecular weight is 284 g/mol. The first-order valence-electron chi connectivity index (χ1n) is 6.24. The Hall–Kier alpha value is -3.02. The predicted octanol–water partition coefficient (Wildman–Crippen LogP) is 2.38. The normalized spacial score (nSPS) is 10.5. The van der Waals surface area contributed by atoms with E-state index in [9.17, 15) is 9.59 Å². The van der Waals surface area contributed by atoms with E-state index >= 15 is 0 Å². The number of anilines is 1. The van der Waals surface area contributed by atoms with Crippen molar-refractivity contribution in [1.82, 2.24) is 4.98 Å². The maximum atomic E-state index is 12.2. The average Bonchev–Trinajstić information content (AvgIpc) is 2.86. The van der Waals surface area contributed by atoms with Gasteiger partial charge in [-0.1, -0.05) is 12.1 Å². The fourth-order valence-electron chi connectivity index (χ4n) is 2.03. The summed E-state index contributed by atoms with van der Waals surface area (Å²) in [5.41, 5.74) is 1.85. The van der Waals surface area contributed by atoms with Crippen LogP contribution in [0.25, 0.3) is 11.1 Å². The van der Waals surface area contributed by atoms with Crippen LogP contribution in [0.5, 0.6) is 5.75 Å². The summed E-state index contributed by atoms with van der Waals surface area (Å²) in [5, 5.41) is 2.76. The Bertz CT molecular complexity index is 863. The molecule has 0 unspecified atom stereocenters. The standard InChI is InChI=1S/C15H12N2O4/c1-20-12-5-3-2-4-10(12)16-14(18)9-6-7-11-13(8-9)21-15(19)17-11/h2-8H,1H3,(H,16,18)(H,17,19). The minimum absolute atomic E-state index is 0.315. The number of para-hydroxylation sites is 2. The summed E-state index contributed by atoms with van der Waals surface area (Å²) < 4.78 is 10.1. The topological polar surface area (TPSA) is 84.3 Å². The Morgan fingerprint density at radius 2 is 2.05 bits per heavy atom. The number of hydrogen-bond acceptors (Lipinski definition) is 4. The zero-order valence-electron chi connectivity index (χ0n) is 11.2. The number of hydrogen-bond donors (Lipinski definition) is 2. The SMILES string of the molecule is COc1ccccc1NC(=O)c1ccc2[nH]c(=O)oc2c1. The summed E-state index contributed by atoms with van der Waals surface area (Å²) in [6, 6.07) is 11.9. The highest BCUT2D eigenvalue weighted by atomic mass is 16.5. The molecule has 0 aliphatic heterocycles. The first-order valence-corrected chi connectivity index (χ1v) is 6.24. The van der Waals surface area contributed by atoms with Gasteiger partial charge in [-0.3, -0.25) is 9.78 Å². The van der Waals surface area contributed by atoms with Crippen LogP contribution in [0.15, 0.2) is 51.7 Å². The molecule has 6 nitrogen and oxygen atoms in total. The van der Waals surface area contributed by atoms with Crippen molar-refractivity contribution >= 4 is 22.7 Å². The number of ether oxygens (including phenoxy) is 1. The summed E-state index contributed by atoms with van der Waals surface area (Å²) >= 11 is 0. The minimum Gasteiger partial charge on any atom is -0.495 e. The molecule has 1 amide bonds. The number of aromatic amines is 1. The molecule has 1 heterocycles. The Morgan fingerprint density at radius 3 is 2.86 bits per heavy atom. The fourth-order valence-corrected chi connectivity index (χ4v) is 2.03. The highest BCUT2D eigenvalue weighted by Gasteiger charge is 2.11. The number of amides is 1. The summed E-state index contributed by atoms with van der Waals surface area (Å²) in [6.07, 6.45) is 0. The highest BCUT2D eigenvalue weighted by molar-refractivity contribution is 6.06. The van der Waals surface area contributed by atoms with Crippen LogP contribution in [0.4, 0.5) is 5.69 Å². The molecule has 1 aromatic heterocycles. The molecule has 2 aromatic carbocycles. The fraction of sp³-hybridized carbons (Fsp3) is 0.0667. The highest BCUT2D eigenvalue weighted by Crippen LogP contribution is 2.24. The van der Waals surface area contributed by atoms with E-state index in [0.717, 1.165) is 0 Å². The maximum absolute atomic E-state index is 12.2. The number of H-pyrrole nitrogens is 1. The van der Waals surface area contributed by atoms with E-state index in [0.29, 0.717) is 28.1 Å². The van der Waals surface area contributed by atoms with Gasteiger partial charge >= 0.3 is 5.76 Å². The van der Waals surface area contributed by atoms with E-state index in [1.165, 1.54) is 13.2 Å². The number of fused-ring (bicyclic) bond motifs is 1. The van der Waals surface area contributed by atoms with Crippen molar-refractivity contribution in [1.29, 1.82) is 0 Å². The van der Waals surface area contributed by atoms with Gasteiger partial charge in [0.2, 0.25) is 0 Å². The molecule has 0 saturated heterocycles. The quantitative estimate of drug-likeness (QED) is 0.773. The lowest BCUT2D eigenvalue weighted by Crippen LogP contribution is -2.12. The molecule has 0 aliphatic rings. The van der Waals surface area contributed by atoms with Gasteiger partial charge in [0.1, 0.15) is 5.75 Å². The number of rotatable bonds is 3. The second-order valence-electron chi connectivity index (χ2n) is 4.38. The molecule has 3 aromatic rings. The molecule has 0 fully saturated rings. The number of carbonyl (C=O) groups excluding carboxylic acids is 1. The molecule has 106 valence electrons. The number of benzene rings is 2. The molecule has 0 radical (unpaired) electrons. The molecule has 0 bridgehead atoms. The number of methoxy groups -OCH3 is 1. The Kier molecular flexibility index (Phi) is 3.19. The first-order chi connectivity index (χ1) is 10.2. The van der Waals surface area contributed by atoms with Crippen LogP contribution in [0.2, 0.25) is 0 Å². The van der Waals surface area contributed by atoms with Gasteiger partial charge < -0.3 is 14.5 Å². The van der Waals surface area contributed by atoms with Crippen LogP contribution in [0.1, 0.15) is 10.4 Å².